The molecular formula is C20H19ClN4O3S2. The number of halogens is 1. The van der Waals surface area contributed by atoms with E-state index in [1.54, 1.807) is 22.4 Å². The summed E-state index contributed by atoms with van der Waals surface area (Å²) >= 11 is 7.10. The van der Waals surface area contributed by atoms with Crippen molar-refractivity contribution in [2.45, 2.75) is 23.9 Å². The molecule has 1 aromatic heterocycles. The Morgan fingerprint density at radius 1 is 1.13 bits per heavy atom. The van der Waals surface area contributed by atoms with Gasteiger partial charge >= 0.3 is 0 Å². The Morgan fingerprint density at radius 3 is 2.53 bits per heavy atom. The summed E-state index contributed by atoms with van der Waals surface area (Å²) in [5.74, 6) is -0.0273. The van der Waals surface area contributed by atoms with E-state index in [0.29, 0.717) is 35.4 Å². The second kappa shape index (κ2) is 8.73. The Balaban J connectivity index is 1.39. The van der Waals surface area contributed by atoms with Crippen LogP contribution in [0.5, 0.6) is 0 Å². The van der Waals surface area contributed by atoms with Crippen molar-refractivity contribution in [1.82, 2.24) is 10.3 Å². The van der Waals surface area contributed by atoms with Crippen LogP contribution in [0.4, 0.5) is 10.8 Å². The van der Waals surface area contributed by atoms with Gasteiger partial charge in [0.2, 0.25) is 5.91 Å². The molecule has 2 heterocycles. The van der Waals surface area contributed by atoms with Crippen LogP contribution in [0, 0.1) is 0 Å². The van der Waals surface area contributed by atoms with E-state index in [1.165, 1.54) is 29.7 Å². The quantitative estimate of drug-likeness (QED) is 0.560. The van der Waals surface area contributed by atoms with Gasteiger partial charge in [-0.3, -0.25) is 9.52 Å². The summed E-state index contributed by atoms with van der Waals surface area (Å²) in [6.45, 7) is 1.14. The van der Waals surface area contributed by atoms with Crippen molar-refractivity contribution in [3.63, 3.8) is 0 Å². The lowest BCUT2D eigenvalue weighted by atomic mass is 10.2. The highest BCUT2D eigenvalue weighted by molar-refractivity contribution is 7.93. The number of hydrogen-bond donors (Lipinski definition) is 2. The summed E-state index contributed by atoms with van der Waals surface area (Å²) in [4.78, 5) is 18.5. The minimum absolute atomic E-state index is 0.0273. The van der Waals surface area contributed by atoms with Gasteiger partial charge in [-0.15, -0.1) is 11.3 Å². The smallest absolute Gasteiger partial charge is 0.263 e. The Morgan fingerprint density at radius 2 is 1.87 bits per heavy atom. The van der Waals surface area contributed by atoms with Gasteiger partial charge in [0.1, 0.15) is 0 Å². The summed E-state index contributed by atoms with van der Waals surface area (Å²) in [6.07, 6.45) is 2.21. The average Bonchev–Trinajstić information content (AvgIpc) is 3.37. The van der Waals surface area contributed by atoms with Crippen molar-refractivity contribution in [1.29, 1.82) is 0 Å². The zero-order chi connectivity index (χ0) is 21.1. The number of carbonyl (C=O) groups is 1. The van der Waals surface area contributed by atoms with Crippen molar-refractivity contribution in [2.75, 3.05) is 16.2 Å². The van der Waals surface area contributed by atoms with Gasteiger partial charge < -0.3 is 10.2 Å². The molecule has 1 unspecified atom stereocenters. The van der Waals surface area contributed by atoms with E-state index in [1.807, 2.05) is 24.3 Å². The number of rotatable bonds is 7. The summed E-state index contributed by atoms with van der Waals surface area (Å²) in [6, 6.07) is 13.5. The third-order valence-electron chi connectivity index (χ3n) is 4.78. The second-order valence-corrected chi connectivity index (χ2v) is 9.79. The fraction of sp³-hybridized carbons (Fsp3) is 0.200. The molecule has 1 saturated heterocycles. The number of thiazole rings is 1. The van der Waals surface area contributed by atoms with E-state index in [2.05, 4.69) is 15.0 Å². The second-order valence-electron chi connectivity index (χ2n) is 6.78. The maximum Gasteiger partial charge on any atom is 0.263 e. The fourth-order valence-corrected chi connectivity index (χ4v) is 5.14. The van der Waals surface area contributed by atoms with Crippen LogP contribution in [0.3, 0.4) is 0 Å². The van der Waals surface area contributed by atoms with Crippen LogP contribution < -0.4 is 14.9 Å². The fourth-order valence-electron chi connectivity index (χ4n) is 3.22. The molecule has 2 aromatic carbocycles. The molecule has 4 rings (SSSR count). The SMILES string of the molecule is O=C1C(NCc2ccc(Cl)cc2)CCN1c1ccc(S(=O)(=O)Nc2nccs2)cc1. The van der Waals surface area contributed by atoms with Crippen molar-refractivity contribution in [3.05, 3.63) is 70.7 Å². The third-order valence-corrected chi connectivity index (χ3v) is 7.21. The Labute approximate surface area is 183 Å². The van der Waals surface area contributed by atoms with Gasteiger partial charge in [0.15, 0.2) is 5.13 Å². The number of amides is 1. The number of carbonyl (C=O) groups excluding carboxylic acids is 1. The van der Waals surface area contributed by atoms with Crippen LogP contribution in [0.25, 0.3) is 0 Å². The number of nitrogens with one attached hydrogen (secondary N) is 2. The molecular weight excluding hydrogens is 444 g/mol. The predicted octanol–water partition coefficient (Wildman–Crippen LogP) is 3.49. The lowest BCUT2D eigenvalue weighted by Gasteiger charge is -2.18. The standard InChI is InChI=1S/C20H19ClN4O3S2/c21-15-3-1-14(2-4-15)13-23-18-9-11-25(19(18)26)16-5-7-17(8-6-16)30(27,28)24-20-22-10-12-29-20/h1-8,10,12,18,23H,9,11,13H2,(H,22,24). The van der Waals surface area contributed by atoms with Crippen LogP contribution in [-0.4, -0.2) is 31.9 Å². The molecule has 1 amide bonds. The molecule has 1 fully saturated rings. The number of aromatic nitrogens is 1. The molecule has 2 N–H and O–H groups in total. The first kappa shape index (κ1) is 20.8. The van der Waals surface area contributed by atoms with Gasteiger partial charge in [-0.1, -0.05) is 23.7 Å². The highest BCUT2D eigenvalue weighted by atomic mass is 35.5. The lowest BCUT2D eigenvalue weighted by molar-refractivity contribution is -0.118. The van der Waals surface area contributed by atoms with Crippen LogP contribution in [0.2, 0.25) is 5.02 Å². The average molecular weight is 463 g/mol. The van der Waals surface area contributed by atoms with Gasteiger partial charge in [-0.25, -0.2) is 13.4 Å². The van der Waals surface area contributed by atoms with E-state index in [-0.39, 0.29) is 16.8 Å². The van der Waals surface area contributed by atoms with Gasteiger partial charge in [-0.2, -0.15) is 0 Å². The monoisotopic (exact) mass is 462 g/mol. The molecule has 1 atom stereocenters. The Bertz CT molecular complexity index is 1120. The molecule has 1 aliphatic heterocycles. The van der Waals surface area contributed by atoms with Crippen LogP contribution in [-0.2, 0) is 21.4 Å². The molecule has 7 nitrogen and oxygen atoms in total. The van der Waals surface area contributed by atoms with E-state index < -0.39 is 10.0 Å². The maximum atomic E-state index is 12.8. The molecule has 30 heavy (non-hydrogen) atoms. The predicted molar refractivity (Wildman–Crippen MR) is 118 cm³/mol. The lowest BCUT2D eigenvalue weighted by Crippen LogP contribution is -2.38. The zero-order valence-corrected chi connectivity index (χ0v) is 18.2. The van der Waals surface area contributed by atoms with Crippen molar-refractivity contribution >= 4 is 49.7 Å². The van der Waals surface area contributed by atoms with Crippen molar-refractivity contribution < 1.29 is 13.2 Å². The maximum absolute atomic E-state index is 12.8. The summed E-state index contributed by atoms with van der Waals surface area (Å²) in [5.41, 5.74) is 1.72. The van der Waals surface area contributed by atoms with Gasteiger partial charge in [0.25, 0.3) is 10.0 Å². The van der Waals surface area contributed by atoms with Crippen molar-refractivity contribution in [3.8, 4) is 0 Å². The normalized spacial score (nSPS) is 16.8. The molecule has 10 heteroatoms. The number of hydrogen-bond acceptors (Lipinski definition) is 6. The van der Waals surface area contributed by atoms with E-state index in [4.69, 9.17) is 11.6 Å². The van der Waals surface area contributed by atoms with E-state index >= 15 is 0 Å². The van der Waals surface area contributed by atoms with Crippen LogP contribution in [0.15, 0.2) is 65.0 Å². The first-order valence-electron chi connectivity index (χ1n) is 9.24. The number of nitrogens with zero attached hydrogens (tertiary/aromatic N) is 2. The molecule has 3 aromatic rings. The largest absolute Gasteiger partial charge is 0.311 e. The minimum Gasteiger partial charge on any atom is -0.311 e. The minimum atomic E-state index is -3.72. The Hall–Kier alpha value is -2.46. The van der Waals surface area contributed by atoms with Gasteiger partial charge in [0.05, 0.1) is 10.9 Å². The molecule has 0 saturated carbocycles. The van der Waals surface area contributed by atoms with Crippen LogP contribution >= 0.6 is 22.9 Å². The molecule has 156 valence electrons. The molecule has 1 aliphatic rings. The summed E-state index contributed by atoms with van der Waals surface area (Å²) in [7, 11) is -3.72. The van der Waals surface area contributed by atoms with Crippen molar-refractivity contribution in [2.24, 2.45) is 0 Å². The molecule has 0 aliphatic carbocycles. The molecule has 0 bridgehead atoms. The van der Waals surface area contributed by atoms with Gasteiger partial charge in [0, 0.05) is 35.4 Å². The zero-order valence-electron chi connectivity index (χ0n) is 15.8. The molecule has 0 spiro atoms. The van der Waals surface area contributed by atoms with Crippen LogP contribution in [0.1, 0.15) is 12.0 Å². The van der Waals surface area contributed by atoms with E-state index in [0.717, 1.165) is 5.56 Å². The van der Waals surface area contributed by atoms with E-state index in [9.17, 15) is 13.2 Å². The first-order chi connectivity index (χ1) is 14.4. The summed E-state index contributed by atoms with van der Waals surface area (Å²) in [5, 5.41) is 5.96. The first-order valence-corrected chi connectivity index (χ1v) is 12.0. The highest BCUT2D eigenvalue weighted by Gasteiger charge is 2.32. The summed E-state index contributed by atoms with van der Waals surface area (Å²) < 4.78 is 27.3. The third kappa shape index (κ3) is 4.65. The highest BCUT2D eigenvalue weighted by Crippen LogP contribution is 2.25. The molecule has 0 radical (unpaired) electrons. The topological polar surface area (TPSA) is 91.4 Å². The number of sulfonamides is 1. The van der Waals surface area contributed by atoms with Gasteiger partial charge in [-0.05, 0) is 48.4 Å². The number of benzene rings is 2. The number of anilines is 2. The Kier molecular flexibility index (Phi) is 6.05.